The van der Waals surface area contributed by atoms with Crippen molar-refractivity contribution in [2.24, 2.45) is 0 Å². The quantitative estimate of drug-likeness (QED) is 0.669. The minimum atomic E-state index is -0.112. The highest BCUT2D eigenvalue weighted by Gasteiger charge is 2.21. The van der Waals surface area contributed by atoms with E-state index in [2.05, 4.69) is 18.5 Å². The van der Waals surface area contributed by atoms with Crippen LogP contribution in [0.3, 0.4) is 0 Å². The van der Waals surface area contributed by atoms with Crippen LogP contribution in [0.1, 0.15) is 18.1 Å². The monoisotopic (exact) mass is 185 g/mol. The maximum absolute atomic E-state index is 11.3. The number of anilines is 1. The van der Waals surface area contributed by atoms with Gasteiger partial charge in [0.05, 0.1) is 0 Å². The number of rotatable bonds is 1. The third-order valence-electron chi connectivity index (χ3n) is 2.36. The molecule has 0 spiro atoms. The summed E-state index contributed by atoms with van der Waals surface area (Å²) in [4.78, 5) is 11.3. The van der Waals surface area contributed by atoms with Gasteiger partial charge in [-0.1, -0.05) is 24.8 Å². The number of hydrogen-bond acceptors (Lipinski definition) is 1. The molecule has 0 atom stereocenters. The Labute approximate surface area is 82.9 Å². The highest BCUT2D eigenvalue weighted by molar-refractivity contribution is 6.31. The number of fused-ring (bicyclic) bond motifs is 1. The van der Waals surface area contributed by atoms with Gasteiger partial charge in [0, 0.05) is 16.8 Å². The summed E-state index contributed by atoms with van der Waals surface area (Å²) in [5.41, 5.74) is 4.28. The smallest absolute Gasteiger partial charge is 0.255 e. The Hall–Kier alpha value is -1.83. The van der Waals surface area contributed by atoms with E-state index in [-0.39, 0.29) is 5.91 Å². The van der Waals surface area contributed by atoms with Gasteiger partial charge in [0.15, 0.2) is 0 Å². The van der Waals surface area contributed by atoms with Gasteiger partial charge in [-0.2, -0.15) is 0 Å². The maximum Gasteiger partial charge on any atom is 0.255 e. The molecule has 0 aliphatic carbocycles. The van der Waals surface area contributed by atoms with E-state index in [0.717, 1.165) is 22.4 Å². The molecule has 0 radical (unpaired) electrons. The lowest BCUT2D eigenvalue weighted by Crippen LogP contribution is -2.02. The van der Waals surface area contributed by atoms with E-state index in [1.807, 2.05) is 25.1 Å². The van der Waals surface area contributed by atoms with E-state index >= 15 is 0 Å². The molecule has 0 saturated heterocycles. The molecule has 0 fully saturated rings. The van der Waals surface area contributed by atoms with Gasteiger partial charge in [-0.3, -0.25) is 4.79 Å². The third-order valence-corrected chi connectivity index (χ3v) is 2.36. The van der Waals surface area contributed by atoms with Gasteiger partial charge in [0.2, 0.25) is 0 Å². The molecular weight excluding hydrogens is 174 g/mol. The van der Waals surface area contributed by atoms with Gasteiger partial charge in [0.25, 0.3) is 5.91 Å². The first-order chi connectivity index (χ1) is 6.59. The Morgan fingerprint density at radius 2 is 2.14 bits per heavy atom. The van der Waals surface area contributed by atoms with Crippen LogP contribution in [0.15, 0.2) is 31.4 Å². The first-order valence-electron chi connectivity index (χ1n) is 4.40. The Kier molecular flexibility index (Phi) is 1.78. The number of carbonyl (C=O) groups is 1. The lowest BCUT2D eigenvalue weighted by Gasteiger charge is -2.02. The van der Waals surface area contributed by atoms with Crippen LogP contribution in [0.25, 0.3) is 11.1 Å². The van der Waals surface area contributed by atoms with Gasteiger partial charge in [0.1, 0.15) is 0 Å². The van der Waals surface area contributed by atoms with Crippen molar-refractivity contribution in [1.82, 2.24) is 0 Å². The molecule has 14 heavy (non-hydrogen) atoms. The predicted octanol–water partition coefficient (Wildman–Crippen LogP) is 2.69. The van der Waals surface area contributed by atoms with Crippen molar-refractivity contribution in [2.45, 2.75) is 6.92 Å². The van der Waals surface area contributed by atoms with Crippen LogP contribution >= 0.6 is 0 Å². The number of benzene rings is 1. The molecule has 1 aliphatic heterocycles. The van der Waals surface area contributed by atoms with Crippen molar-refractivity contribution in [2.75, 3.05) is 5.32 Å². The minimum Gasteiger partial charge on any atom is -0.321 e. The fraction of sp³-hybridized carbons (Fsp3) is 0.0833. The lowest BCUT2D eigenvalue weighted by atomic mass is 10.0. The number of hydrogen-bond donors (Lipinski definition) is 1. The number of nitrogens with one attached hydrogen (secondary N) is 1. The predicted molar refractivity (Wildman–Crippen MR) is 58.8 cm³/mol. The molecule has 1 aromatic rings. The second kappa shape index (κ2) is 2.84. The molecule has 2 heteroatoms. The van der Waals surface area contributed by atoms with Crippen molar-refractivity contribution < 1.29 is 4.79 Å². The summed E-state index contributed by atoms with van der Waals surface area (Å²) in [6.07, 6.45) is 0. The minimum absolute atomic E-state index is 0.112. The van der Waals surface area contributed by atoms with Gasteiger partial charge < -0.3 is 5.32 Å². The van der Waals surface area contributed by atoms with Gasteiger partial charge in [-0.25, -0.2) is 0 Å². The van der Waals surface area contributed by atoms with Crippen molar-refractivity contribution in [3.05, 3.63) is 42.5 Å². The summed E-state index contributed by atoms with van der Waals surface area (Å²) in [5, 5.41) is 2.75. The summed E-state index contributed by atoms with van der Waals surface area (Å²) >= 11 is 0. The molecule has 1 aliphatic rings. The zero-order valence-corrected chi connectivity index (χ0v) is 8.05. The SMILES string of the molecule is C=C(C)c1ccc2c(c1)C(=C)C(=O)N2. The van der Waals surface area contributed by atoms with Gasteiger partial charge >= 0.3 is 0 Å². The molecule has 0 unspecified atom stereocenters. The molecular formula is C12H11NO. The summed E-state index contributed by atoms with van der Waals surface area (Å²) < 4.78 is 0. The third kappa shape index (κ3) is 1.16. The van der Waals surface area contributed by atoms with Gasteiger partial charge in [-0.15, -0.1) is 0 Å². The largest absolute Gasteiger partial charge is 0.321 e. The van der Waals surface area contributed by atoms with Crippen LogP contribution in [0.4, 0.5) is 5.69 Å². The van der Waals surface area contributed by atoms with Crippen LogP contribution in [-0.4, -0.2) is 5.91 Å². The van der Waals surface area contributed by atoms with E-state index in [1.165, 1.54) is 0 Å². The number of carbonyl (C=O) groups excluding carboxylic acids is 1. The molecule has 1 amide bonds. The normalized spacial score (nSPS) is 13.8. The lowest BCUT2D eigenvalue weighted by molar-refractivity contribution is -0.110. The van der Waals surface area contributed by atoms with Crippen molar-refractivity contribution in [1.29, 1.82) is 0 Å². The molecule has 2 nitrogen and oxygen atoms in total. The van der Waals surface area contributed by atoms with E-state index in [0.29, 0.717) is 5.57 Å². The average Bonchev–Trinajstić information content (AvgIpc) is 2.43. The zero-order valence-electron chi connectivity index (χ0n) is 8.05. The first-order valence-corrected chi connectivity index (χ1v) is 4.40. The second-order valence-corrected chi connectivity index (χ2v) is 3.47. The average molecular weight is 185 g/mol. The van der Waals surface area contributed by atoms with Crippen molar-refractivity contribution in [3.63, 3.8) is 0 Å². The van der Waals surface area contributed by atoms with Crippen LogP contribution in [-0.2, 0) is 4.79 Å². The standard InChI is InChI=1S/C12H11NO/c1-7(2)9-4-5-11-10(6-9)8(3)12(14)13-11/h4-6H,1,3H2,2H3,(H,13,14). The maximum atomic E-state index is 11.3. The Morgan fingerprint density at radius 3 is 2.79 bits per heavy atom. The van der Waals surface area contributed by atoms with Gasteiger partial charge in [-0.05, 0) is 24.6 Å². The summed E-state index contributed by atoms with van der Waals surface area (Å²) in [5.74, 6) is -0.112. The number of allylic oxidation sites excluding steroid dienone is 1. The van der Waals surface area contributed by atoms with Crippen LogP contribution in [0.5, 0.6) is 0 Å². The molecule has 1 heterocycles. The van der Waals surface area contributed by atoms with E-state index in [9.17, 15) is 4.79 Å². The van der Waals surface area contributed by atoms with Crippen LogP contribution in [0.2, 0.25) is 0 Å². The van der Waals surface area contributed by atoms with E-state index in [1.54, 1.807) is 0 Å². The highest BCUT2D eigenvalue weighted by atomic mass is 16.1. The fourth-order valence-electron chi connectivity index (χ4n) is 1.49. The molecule has 1 aromatic carbocycles. The second-order valence-electron chi connectivity index (χ2n) is 3.47. The Balaban J connectivity index is 2.57. The topological polar surface area (TPSA) is 29.1 Å². The first kappa shape index (κ1) is 8.75. The molecule has 0 saturated carbocycles. The van der Waals surface area contributed by atoms with Crippen LogP contribution < -0.4 is 5.32 Å². The van der Waals surface area contributed by atoms with E-state index in [4.69, 9.17) is 0 Å². The summed E-state index contributed by atoms with van der Waals surface area (Å²) in [7, 11) is 0. The highest BCUT2D eigenvalue weighted by Crippen LogP contribution is 2.32. The zero-order chi connectivity index (χ0) is 10.3. The van der Waals surface area contributed by atoms with Crippen molar-refractivity contribution in [3.8, 4) is 0 Å². The Morgan fingerprint density at radius 1 is 1.43 bits per heavy atom. The van der Waals surface area contributed by atoms with Crippen molar-refractivity contribution >= 4 is 22.7 Å². The summed E-state index contributed by atoms with van der Waals surface area (Å²) in [6, 6.07) is 5.77. The number of amides is 1. The fourth-order valence-corrected chi connectivity index (χ4v) is 1.49. The molecule has 0 bridgehead atoms. The van der Waals surface area contributed by atoms with E-state index < -0.39 is 0 Å². The molecule has 2 rings (SSSR count). The van der Waals surface area contributed by atoms with Crippen LogP contribution in [0, 0.1) is 0 Å². The Bertz CT molecular complexity index is 457. The molecule has 0 aromatic heterocycles. The summed E-state index contributed by atoms with van der Waals surface area (Å²) in [6.45, 7) is 9.53. The molecule has 1 N–H and O–H groups in total. The molecule has 70 valence electrons.